The van der Waals surface area contributed by atoms with E-state index in [1.807, 2.05) is 11.9 Å². The predicted molar refractivity (Wildman–Crippen MR) is 57.1 cm³/mol. The molecule has 0 bridgehead atoms. The molecular weight excluding hydrogens is 208 g/mol. The Balaban J connectivity index is 1.67. The lowest BCUT2D eigenvalue weighted by Crippen LogP contribution is -2.64. The molecule has 0 aromatic carbocycles. The summed E-state index contributed by atoms with van der Waals surface area (Å²) in [6, 6.07) is 0.793. The molecule has 1 amide bonds. The van der Waals surface area contributed by atoms with E-state index in [1.165, 1.54) is 0 Å². The van der Waals surface area contributed by atoms with Crippen molar-refractivity contribution < 1.29 is 14.3 Å². The summed E-state index contributed by atoms with van der Waals surface area (Å²) < 4.78 is 10.8. The fourth-order valence-electron chi connectivity index (χ4n) is 2.73. The predicted octanol–water partition coefficient (Wildman–Crippen LogP) is -0.683. The van der Waals surface area contributed by atoms with Crippen LogP contribution in [0.1, 0.15) is 6.42 Å². The Bertz CT molecular complexity index is 293. The molecule has 0 unspecified atom stereocenters. The van der Waals surface area contributed by atoms with Gasteiger partial charge in [0.05, 0.1) is 31.4 Å². The zero-order valence-corrected chi connectivity index (χ0v) is 9.59. The van der Waals surface area contributed by atoms with E-state index in [9.17, 15) is 4.79 Å². The first-order valence-electron chi connectivity index (χ1n) is 5.95. The molecule has 3 aliphatic rings. The largest absolute Gasteiger partial charge is 0.378 e. The van der Waals surface area contributed by atoms with E-state index in [1.54, 1.807) is 0 Å². The first-order valence-corrected chi connectivity index (χ1v) is 5.95. The van der Waals surface area contributed by atoms with Crippen LogP contribution in [-0.4, -0.2) is 73.9 Å². The summed E-state index contributed by atoms with van der Waals surface area (Å²) in [6.07, 6.45) is 1.26. The Morgan fingerprint density at radius 2 is 2.19 bits per heavy atom. The lowest BCUT2D eigenvalue weighted by atomic mass is 9.97. The summed E-state index contributed by atoms with van der Waals surface area (Å²) in [5, 5.41) is 0. The van der Waals surface area contributed by atoms with Crippen molar-refractivity contribution in [2.75, 3.05) is 40.0 Å². The van der Waals surface area contributed by atoms with E-state index < -0.39 is 0 Å². The maximum absolute atomic E-state index is 11.6. The quantitative estimate of drug-likeness (QED) is 0.594. The van der Waals surface area contributed by atoms with Gasteiger partial charge in [-0.05, 0) is 6.42 Å². The van der Waals surface area contributed by atoms with Crippen LogP contribution in [0.3, 0.4) is 0 Å². The average molecular weight is 226 g/mol. The number of carbonyl (C=O) groups is 1. The average Bonchev–Trinajstić information content (AvgIpc) is 2.22. The van der Waals surface area contributed by atoms with Crippen molar-refractivity contribution in [3.8, 4) is 0 Å². The highest BCUT2D eigenvalue weighted by molar-refractivity contribution is 5.78. The Morgan fingerprint density at radius 3 is 2.88 bits per heavy atom. The molecule has 5 nitrogen and oxygen atoms in total. The van der Waals surface area contributed by atoms with Crippen molar-refractivity contribution in [2.45, 2.75) is 24.6 Å². The molecule has 0 aromatic rings. The third kappa shape index (κ3) is 1.63. The van der Waals surface area contributed by atoms with E-state index in [4.69, 9.17) is 9.47 Å². The molecular formula is C11H18N2O3. The number of rotatable bonds is 1. The second-order valence-corrected chi connectivity index (χ2v) is 4.90. The number of hydrogen-bond acceptors (Lipinski definition) is 4. The normalized spacial score (nSPS) is 37.1. The number of fused-ring (bicyclic) bond motifs is 1. The minimum Gasteiger partial charge on any atom is -0.378 e. The van der Waals surface area contributed by atoms with E-state index in [-0.39, 0.29) is 24.7 Å². The Hall–Kier alpha value is -0.650. The fourth-order valence-corrected chi connectivity index (χ4v) is 2.73. The molecule has 3 heterocycles. The fraction of sp³-hybridized carbons (Fsp3) is 0.909. The highest BCUT2D eigenvalue weighted by Crippen LogP contribution is 2.25. The molecule has 3 rings (SSSR count). The van der Waals surface area contributed by atoms with Crippen molar-refractivity contribution in [2.24, 2.45) is 0 Å². The standard InChI is InChI=1S/C11H18N2O3/c1-12-9-4-13(8-5-15-6-8)3-2-10(9)16-7-11(12)14/h8-10H,2-7H2,1H3/t9-,10+/m0/s1. The van der Waals surface area contributed by atoms with Crippen LogP contribution in [0, 0.1) is 0 Å². The van der Waals surface area contributed by atoms with Crippen molar-refractivity contribution in [1.29, 1.82) is 0 Å². The van der Waals surface area contributed by atoms with Crippen LogP contribution in [-0.2, 0) is 14.3 Å². The van der Waals surface area contributed by atoms with Gasteiger partial charge in [0.2, 0.25) is 5.91 Å². The molecule has 0 radical (unpaired) electrons. The van der Waals surface area contributed by atoms with Gasteiger partial charge in [0, 0.05) is 20.1 Å². The lowest BCUT2D eigenvalue weighted by molar-refractivity contribution is -0.166. The molecule has 3 fully saturated rings. The SMILES string of the molecule is CN1C(=O)CO[C@@H]2CCN(C3COC3)C[C@@H]21. The number of hydrogen-bond donors (Lipinski definition) is 0. The maximum Gasteiger partial charge on any atom is 0.248 e. The van der Waals surface area contributed by atoms with Crippen LogP contribution in [0.4, 0.5) is 0 Å². The Kier molecular flexibility index (Phi) is 2.61. The van der Waals surface area contributed by atoms with Crippen molar-refractivity contribution >= 4 is 5.91 Å². The Labute approximate surface area is 95.3 Å². The van der Waals surface area contributed by atoms with Crippen molar-refractivity contribution in [3.63, 3.8) is 0 Å². The zero-order valence-electron chi connectivity index (χ0n) is 9.59. The van der Waals surface area contributed by atoms with Gasteiger partial charge in [-0.15, -0.1) is 0 Å². The van der Waals surface area contributed by atoms with Gasteiger partial charge < -0.3 is 14.4 Å². The molecule has 2 atom stereocenters. The van der Waals surface area contributed by atoms with Crippen LogP contribution in [0.2, 0.25) is 0 Å². The van der Waals surface area contributed by atoms with Gasteiger partial charge in [-0.1, -0.05) is 0 Å². The summed E-state index contributed by atoms with van der Waals surface area (Å²) in [6.45, 7) is 3.94. The zero-order chi connectivity index (χ0) is 11.1. The van der Waals surface area contributed by atoms with Crippen LogP contribution < -0.4 is 0 Å². The summed E-state index contributed by atoms with van der Waals surface area (Å²) in [4.78, 5) is 15.9. The van der Waals surface area contributed by atoms with Gasteiger partial charge in [0.25, 0.3) is 0 Å². The van der Waals surface area contributed by atoms with Gasteiger partial charge in [-0.2, -0.15) is 0 Å². The van der Waals surface area contributed by atoms with Crippen LogP contribution in [0.5, 0.6) is 0 Å². The number of carbonyl (C=O) groups excluding carboxylic acids is 1. The van der Waals surface area contributed by atoms with Crippen molar-refractivity contribution in [1.82, 2.24) is 9.80 Å². The molecule has 0 aromatic heterocycles. The lowest BCUT2D eigenvalue weighted by Gasteiger charge is -2.49. The number of likely N-dealkylation sites (N-methyl/N-ethyl adjacent to an activating group) is 1. The highest BCUT2D eigenvalue weighted by Gasteiger charge is 2.41. The molecule has 16 heavy (non-hydrogen) atoms. The van der Waals surface area contributed by atoms with E-state index in [0.717, 1.165) is 32.7 Å². The minimum atomic E-state index is 0.105. The highest BCUT2D eigenvalue weighted by atomic mass is 16.5. The topological polar surface area (TPSA) is 42.0 Å². The number of piperidine rings is 1. The first-order chi connectivity index (χ1) is 7.75. The second-order valence-electron chi connectivity index (χ2n) is 4.90. The monoisotopic (exact) mass is 226 g/mol. The number of likely N-dealkylation sites (tertiary alicyclic amines) is 1. The van der Waals surface area contributed by atoms with Gasteiger partial charge in [0.15, 0.2) is 0 Å². The second kappa shape index (κ2) is 3.98. The summed E-state index contributed by atoms with van der Waals surface area (Å²) in [5.74, 6) is 0.105. The van der Waals surface area contributed by atoms with Crippen LogP contribution in [0.25, 0.3) is 0 Å². The third-order valence-electron chi connectivity index (χ3n) is 4.00. The number of nitrogens with zero attached hydrogens (tertiary/aromatic N) is 2. The molecule has 3 saturated heterocycles. The molecule has 90 valence electrons. The molecule has 0 spiro atoms. The first kappa shape index (κ1) is 10.5. The van der Waals surface area contributed by atoms with Gasteiger partial charge in [-0.3, -0.25) is 9.69 Å². The van der Waals surface area contributed by atoms with Crippen LogP contribution >= 0.6 is 0 Å². The number of morpholine rings is 1. The van der Waals surface area contributed by atoms with Crippen LogP contribution in [0.15, 0.2) is 0 Å². The van der Waals surface area contributed by atoms with Gasteiger partial charge in [-0.25, -0.2) is 0 Å². The van der Waals surface area contributed by atoms with E-state index >= 15 is 0 Å². The molecule has 0 saturated carbocycles. The van der Waals surface area contributed by atoms with Gasteiger partial charge in [0.1, 0.15) is 6.61 Å². The maximum atomic E-state index is 11.6. The van der Waals surface area contributed by atoms with E-state index in [2.05, 4.69) is 4.90 Å². The summed E-state index contributed by atoms with van der Waals surface area (Å²) in [5.41, 5.74) is 0. The molecule has 0 aliphatic carbocycles. The van der Waals surface area contributed by atoms with Gasteiger partial charge >= 0.3 is 0 Å². The molecule has 5 heteroatoms. The Morgan fingerprint density at radius 1 is 1.38 bits per heavy atom. The number of ether oxygens (including phenoxy) is 2. The molecule has 0 N–H and O–H groups in total. The summed E-state index contributed by atoms with van der Waals surface area (Å²) >= 11 is 0. The van der Waals surface area contributed by atoms with E-state index in [0.29, 0.717) is 6.04 Å². The minimum absolute atomic E-state index is 0.105. The van der Waals surface area contributed by atoms with Crippen molar-refractivity contribution in [3.05, 3.63) is 0 Å². The number of amides is 1. The smallest absolute Gasteiger partial charge is 0.248 e. The third-order valence-corrected chi connectivity index (χ3v) is 4.00. The summed E-state index contributed by atoms with van der Waals surface area (Å²) in [7, 11) is 1.89. The molecule has 3 aliphatic heterocycles.